The molecule has 4 atom stereocenters. The monoisotopic (exact) mass is 794 g/mol. The van der Waals surface area contributed by atoms with E-state index in [1.165, 1.54) is 29.2 Å². The number of likely N-dealkylation sites (N-methyl/N-ethyl adjacent to an activating group) is 1. The van der Waals surface area contributed by atoms with Gasteiger partial charge in [0.25, 0.3) is 5.91 Å². The van der Waals surface area contributed by atoms with Crippen LogP contribution in [0.5, 0.6) is 5.75 Å². The molecule has 0 bridgehead atoms. The van der Waals surface area contributed by atoms with Crippen molar-refractivity contribution in [1.82, 2.24) is 25.3 Å². The number of nitrogens with two attached hydrogens (primary N) is 1. The van der Waals surface area contributed by atoms with E-state index in [0.29, 0.717) is 4.90 Å². The molecule has 4 N–H and O–H groups in total. The van der Waals surface area contributed by atoms with Crippen molar-refractivity contribution in [3.8, 4) is 5.75 Å². The van der Waals surface area contributed by atoms with Crippen LogP contribution in [0.2, 0.25) is 0 Å². The van der Waals surface area contributed by atoms with Crippen LogP contribution in [0.15, 0.2) is 65.9 Å². The number of rotatable bonds is 11. The maximum Gasteiger partial charge on any atom is 0.514 e. The molecule has 3 aliphatic rings. The maximum atomic E-state index is 14.0. The Balaban J connectivity index is 1.36. The van der Waals surface area contributed by atoms with Crippen LogP contribution >= 0.6 is 11.8 Å². The van der Waals surface area contributed by atoms with Crippen molar-refractivity contribution in [2.75, 3.05) is 25.4 Å². The first-order valence-electron chi connectivity index (χ1n) is 17.5. The second kappa shape index (κ2) is 17.2. The van der Waals surface area contributed by atoms with Gasteiger partial charge < -0.3 is 34.5 Å². The zero-order valence-electron chi connectivity index (χ0n) is 31.3. The third kappa shape index (κ3) is 9.46. The number of thioether (sulfide) groups is 1. The molecule has 3 heterocycles. The van der Waals surface area contributed by atoms with E-state index in [0.717, 1.165) is 29.1 Å². The second-order valence-electron chi connectivity index (χ2n) is 13.7. The zero-order chi connectivity index (χ0) is 40.9. The summed E-state index contributed by atoms with van der Waals surface area (Å²) < 4.78 is 21.1. The number of imide groups is 1. The fraction of sp³-hybridized carbons (Fsp3) is 0.405. The number of esters is 2. The highest BCUT2D eigenvalue weighted by atomic mass is 32.2. The molecule has 0 spiro atoms. The molecule has 6 amide bonds. The number of hydrogen-bond acceptors (Lipinski definition) is 14. The van der Waals surface area contributed by atoms with Gasteiger partial charge in [-0.25, -0.2) is 14.4 Å². The number of amides is 6. The van der Waals surface area contributed by atoms with Gasteiger partial charge >= 0.3 is 35.9 Å². The van der Waals surface area contributed by atoms with Gasteiger partial charge in [0.1, 0.15) is 41.1 Å². The van der Waals surface area contributed by atoms with Crippen molar-refractivity contribution in [2.24, 2.45) is 5.73 Å². The molecular weight excluding hydrogens is 753 g/mol. The minimum atomic E-state index is -1.54. The number of carbonyl (C=O) groups excluding carboxylic acids is 8. The number of urea groups is 1. The van der Waals surface area contributed by atoms with Gasteiger partial charge in [-0.15, -0.1) is 11.8 Å². The number of nitrogens with zero attached hydrogens (tertiary/aromatic N) is 3. The molecular formula is C37H42N6O12S. The Kier molecular flexibility index (Phi) is 12.7. The molecule has 5 rings (SSSR count). The summed E-state index contributed by atoms with van der Waals surface area (Å²) >= 11 is 1.14. The lowest BCUT2D eigenvalue weighted by Gasteiger charge is -2.50. The van der Waals surface area contributed by atoms with Gasteiger partial charge in [-0.05, 0) is 51.0 Å². The van der Waals surface area contributed by atoms with Gasteiger partial charge in [0.05, 0.1) is 0 Å². The van der Waals surface area contributed by atoms with Crippen LogP contribution in [-0.4, -0.2) is 111 Å². The molecule has 2 fully saturated rings. The largest absolute Gasteiger partial charge is 0.514 e. The molecule has 2 aromatic carbocycles. The van der Waals surface area contributed by atoms with Crippen molar-refractivity contribution >= 4 is 59.5 Å². The van der Waals surface area contributed by atoms with Crippen molar-refractivity contribution in [3.63, 3.8) is 0 Å². The Bertz CT molecular complexity index is 1930. The van der Waals surface area contributed by atoms with Crippen LogP contribution in [0.3, 0.4) is 0 Å². The van der Waals surface area contributed by atoms with Crippen LogP contribution in [0.4, 0.5) is 9.59 Å². The maximum absolute atomic E-state index is 14.0. The lowest BCUT2D eigenvalue weighted by atomic mass is 10.00. The van der Waals surface area contributed by atoms with Crippen LogP contribution in [-0.2, 0) is 49.6 Å². The summed E-state index contributed by atoms with van der Waals surface area (Å²) in [7, 11) is 0. The standard InChI is InChI=1S/C37H42N6O12S/c1-6-41-16-17-42(32(48)31(41)47)35(50)40-25(22-12-14-23(15-13-22)54-36(51)52-18-21-10-8-7-9-11-21)29(45)39-26-30(46)43-27(34(49)55-37(3,4)5)24(19-56-33(26)43)28(38)53-20(2)44/h7-15,25-26,28,33H,6,16-19,38H2,1-5H3,(H,39,45)(H,40,50)/t25?,26-,28?,33+/m0/s1. The van der Waals surface area contributed by atoms with Crippen molar-refractivity contribution in [1.29, 1.82) is 0 Å². The summed E-state index contributed by atoms with van der Waals surface area (Å²) in [5, 5.41) is 4.28. The lowest BCUT2D eigenvalue weighted by Crippen LogP contribution is -2.71. The van der Waals surface area contributed by atoms with Gasteiger partial charge in [-0.1, -0.05) is 42.5 Å². The predicted octanol–water partition coefficient (Wildman–Crippen LogP) is 1.69. The number of hydrogen-bond donors (Lipinski definition) is 3. The number of piperazine rings is 1. The zero-order valence-corrected chi connectivity index (χ0v) is 32.1. The molecule has 298 valence electrons. The Labute approximate surface area is 325 Å². The van der Waals surface area contributed by atoms with E-state index in [1.54, 1.807) is 52.0 Å². The predicted molar refractivity (Wildman–Crippen MR) is 197 cm³/mol. The smallest absolute Gasteiger partial charge is 0.455 e. The highest BCUT2D eigenvalue weighted by molar-refractivity contribution is 8.00. The lowest BCUT2D eigenvalue weighted by molar-refractivity contribution is -0.159. The van der Waals surface area contributed by atoms with Gasteiger partial charge in [0.15, 0.2) is 6.23 Å². The average molecular weight is 795 g/mol. The van der Waals surface area contributed by atoms with Crippen molar-refractivity contribution in [2.45, 2.75) is 70.5 Å². The molecule has 0 aliphatic carbocycles. The number of β-lactam (4-membered cyclic amide) rings is 1. The van der Waals surface area contributed by atoms with E-state index in [2.05, 4.69) is 10.6 Å². The molecule has 18 nitrogen and oxygen atoms in total. The van der Waals surface area contributed by atoms with Gasteiger partial charge in [-0.2, -0.15) is 0 Å². The number of benzene rings is 2. The topological polar surface area (TPSA) is 233 Å². The normalized spacial score (nSPS) is 19.2. The highest BCUT2D eigenvalue weighted by Gasteiger charge is 2.56. The number of nitrogens with one attached hydrogen (secondary N) is 2. The first-order chi connectivity index (χ1) is 26.5. The first-order valence-corrected chi connectivity index (χ1v) is 18.6. The van der Waals surface area contributed by atoms with E-state index in [1.807, 2.05) is 6.07 Å². The molecule has 56 heavy (non-hydrogen) atoms. The SMILES string of the molecule is CCN1CCN(C(=O)NC(C(=O)N[C@H]2C(=O)N3C(C(=O)OC(C)(C)C)=C(C(N)OC(C)=O)CS[C@H]23)c2ccc(OC(=O)OCc3ccccc3)cc2)C(=O)C1=O. The third-order valence-corrected chi connectivity index (χ3v) is 9.91. The Morgan fingerprint density at radius 3 is 2.27 bits per heavy atom. The van der Waals surface area contributed by atoms with Crippen LogP contribution < -0.4 is 21.1 Å². The quantitative estimate of drug-likeness (QED) is 0.0734. The first kappa shape index (κ1) is 41.2. The number of carbonyl (C=O) groups is 8. The van der Waals surface area contributed by atoms with E-state index < -0.39 is 77.0 Å². The highest BCUT2D eigenvalue weighted by Crippen LogP contribution is 2.42. The second-order valence-corrected chi connectivity index (χ2v) is 14.8. The van der Waals surface area contributed by atoms with E-state index >= 15 is 0 Å². The Morgan fingerprint density at radius 2 is 1.64 bits per heavy atom. The Hall–Kier alpha value is -5.95. The average Bonchev–Trinajstić information content (AvgIpc) is 3.15. The summed E-state index contributed by atoms with van der Waals surface area (Å²) in [6.07, 6.45) is -2.36. The molecule has 0 aromatic heterocycles. The minimum Gasteiger partial charge on any atom is -0.455 e. The van der Waals surface area contributed by atoms with Gasteiger partial charge in [0.2, 0.25) is 5.91 Å². The summed E-state index contributed by atoms with van der Waals surface area (Å²) in [6, 6.07) is 10.6. The van der Waals surface area contributed by atoms with Crippen molar-refractivity contribution < 1.29 is 57.3 Å². The van der Waals surface area contributed by atoms with Gasteiger partial charge in [0, 0.05) is 37.9 Å². The van der Waals surface area contributed by atoms with Crippen LogP contribution in [0.1, 0.15) is 51.8 Å². The van der Waals surface area contributed by atoms with E-state index in [4.69, 9.17) is 24.7 Å². The minimum absolute atomic E-state index is 0.0269. The summed E-state index contributed by atoms with van der Waals surface area (Å²) in [6.45, 7) is 7.89. The van der Waals surface area contributed by atoms with Crippen LogP contribution in [0.25, 0.3) is 0 Å². The number of ether oxygens (including phenoxy) is 4. The summed E-state index contributed by atoms with van der Waals surface area (Å²) in [5.41, 5.74) is 5.94. The molecule has 2 aromatic rings. The fourth-order valence-electron chi connectivity index (χ4n) is 5.91. The molecule has 0 radical (unpaired) electrons. The summed E-state index contributed by atoms with van der Waals surface area (Å²) in [5.74, 6) is -5.10. The number of fused-ring (bicyclic) bond motifs is 1. The molecule has 0 saturated carbocycles. The fourth-order valence-corrected chi connectivity index (χ4v) is 7.29. The molecule has 2 unspecified atom stereocenters. The summed E-state index contributed by atoms with van der Waals surface area (Å²) in [4.78, 5) is 107. The Morgan fingerprint density at radius 1 is 0.964 bits per heavy atom. The van der Waals surface area contributed by atoms with Crippen molar-refractivity contribution in [3.05, 3.63) is 77.0 Å². The van der Waals surface area contributed by atoms with E-state index in [-0.39, 0.29) is 54.6 Å². The van der Waals surface area contributed by atoms with Gasteiger partial charge in [-0.3, -0.25) is 39.5 Å². The van der Waals surface area contributed by atoms with E-state index in [9.17, 15) is 38.4 Å². The van der Waals surface area contributed by atoms with Crippen LogP contribution in [0, 0.1) is 0 Å². The third-order valence-electron chi connectivity index (χ3n) is 8.60. The molecule has 19 heteroatoms. The molecule has 3 aliphatic heterocycles. The molecule has 2 saturated heterocycles.